The minimum Gasteiger partial charge on any atom is -0.494 e. The molecule has 1 aliphatic carbocycles. The van der Waals surface area contributed by atoms with Crippen LogP contribution in [0.3, 0.4) is 0 Å². The summed E-state index contributed by atoms with van der Waals surface area (Å²) in [5.74, 6) is 7.48. The summed E-state index contributed by atoms with van der Waals surface area (Å²) in [7, 11) is 1.72. The van der Waals surface area contributed by atoms with E-state index in [1.807, 2.05) is 31.2 Å². The summed E-state index contributed by atoms with van der Waals surface area (Å²) in [6, 6.07) is 9.81. The van der Waals surface area contributed by atoms with Gasteiger partial charge in [-0.1, -0.05) is 31.0 Å². The minimum atomic E-state index is -0.695. The molecule has 0 unspecified atom stereocenters. The van der Waals surface area contributed by atoms with Crippen molar-refractivity contribution >= 4 is 17.7 Å². The van der Waals surface area contributed by atoms with Crippen molar-refractivity contribution in [3.8, 4) is 23.2 Å². The molecule has 2 N–H and O–H groups in total. The van der Waals surface area contributed by atoms with Gasteiger partial charge in [0, 0.05) is 12.6 Å². The number of ether oxygens (including phenoxy) is 1. The molecule has 1 fully saturated rings. The summed E-state index contributed by atoms with van der Waals surface area (Å²) in [4.78, 5) is 14.3. The molecule has 0 aliphatic heterocycles. The number of thioether (sulfide) groups is 1. The van der Waals surface area contributed by atoms with Crippen LogP contribution in [0.15, 0.2) is 29.4 Å². The van der Waals surface area contributed by atoms with E-state index < -0.39 is 5.54 Å². The van der Waals surface area contributed by atoms with Gasteiger partial charge in [-0.05, 0) is 44.0 Å². The Bertz CT molecular complexity index is 883. The van der Waals surface area contributed by atoms with Crippen molar-refractivity contribution in [3.63, 3.8) is 0 Å². The highest BCUT2D eigenvalue weighted by molar-refractivity contribution is 7.99. The molecule has 1 aromatic heterocycles. The van der Waals surface area contributed by atoms with Gasteiger partial charge >= 0.3 is 0 Å². The highest BCUT2D eigenvalue weighted by atomic mass is 32.2. The van der Waals surface area contributed by atoms with E-state index >= 15 is 0 Å². The number of amides is 1. The minimum absolute atomic E-state index is 0.107. The molecule has 0 saturated heterocycles. The van der Waals surface area contributed by atoms with E-state index in [2.05, 4.69) is 16.3 Å². The zero-order valence-electron chi connectivity index (χ0n) is 16.8. The molecule has 1 amide bonds. The number of benzene rings is 1. The Balaban J connectivity index is 1.65. The van der Waals surface area contributed by atoms with Crippen LogP contribution in [0.25, 0.3) is 11.4 Å². The first-order chi connectivity index (χ1) is 14.0. The number of nitriles is 1. The monoisotopic (exact) mass is 414 g/mol. The standard InChI is InChI=1S/C20H26N6O2S/c1-3-28-16-9-7-15(8-10-16)18-23-24-19(26(18)22)29-13-17(27)25(2)20(14-21)11-5-4-6-12-20/h7-10H,3-6,11-13,22H2,1-2H3. The molecular formula is C20H26N6O2S. The Labute approximate surface area is 175 Å². The number of nitrogens with zero attached hydrogens (tertiary/aromatic N) is 5. The van der Waals surface area contributed by atoms with Gasteiger partial charge in [0.25, 0.3) is 0 Å². The van der Waals surface area contributed by atoms with Crippen molar-refractivity contribution in [2.45, 2.75) is 49.7 Å². The predicted octanol–water partition coefficient (Wildman–Crippen LogP) is 2.83. The van der Waals surface area contributed by atoms with Crippen molar-refractivity contribution in [2.24, 2.45) is 0 Å². The van der Waals surface area contributed by atoms with Gasteiger partial charge in [0.2, 0.25) is 11.1 Å². The van der Waals surface area contributed by atoms with Gasteiger partial charge in [0.05, 0.1) is 18.4 Å². The topological polar surface area (TPSA) is 110 Å². The van der Waals surface area contributed by atoms with E-state index in [-0.39, 0.29) is 11.7 Å². The van der Waals surface area contributed by atoms with Crippen LogP contribution in [-0.4, -0.2) is 50.6 Å². The Hall–Kier alpha value is -2.73. The highest BCUT2D eigenvalue weighted by Crippen LogP contribution is 2.33. The summed E-state index contributed by atoms with van der Waals surface area (Å²) in [6.07, 6.45) is 4.52. The van der Waals surface area contributed by atoms with E-state index in [9.17, 15) is 10.1 Å². The Morgan fingerprint density at radius 3 is 2.62 bits per heavy atom. The lowest BCUT2D eigenvalue weighted by Gasteiger charge is -2.39. The number of aromatic nitrogens is 3. The zero-order chi connectivity index (χ0) is 20.9. The molecule has 1 heterocycles. The normalized spacial score (nSPS) is 15.5. The molecule has 29 heavy (non-hydrogen) atoms. The van der Waals surface area contributed by atoms with Crippen LogP contribution in [-0.2, 0) is 4.79 Å². The SMILES string of the molecule is CCOc1ccc(-c2nnc(SCC(=O)N(C)C3(C#N)CCCCC3)n2N)cc1. The van der Waals surface area contributed by atoms with Crippen LogP contribution in [0.2, 0.25) is 0 Å². The fourth-order valence-electron chi connectivity index (χ4n) is 3.56. The van der Waals surface area contributed by atoms with Gasteiger partial charge in [-0.2, -0.15) is 5.26 Å². The molecule has 0 spiro atoms. The number of carbonyl (C=O) groups excluding carboxylic acids is 1. The van der Waals surface area contributed by atoms with Crippen LogP contribution in [0, 0.1) is 11.3 Å². The third-order valence-electron chi connectivity index (χ3n) is 5.32. The zero-order valence-corrected chi connectivity index (χ0v) is 17.6. The molecule has 0 bridgehead atoms. The van der Waals surface area contributed by atoms with Gasteiger partial charge < -0.3 is 15.5 Å². The maximum absolute atomic E-state index is 12.7. The predicted molar refractivity (Wildman–Crippen MR) is 112 cm³/mol. The summed E-state index contributed by atoms with van der Waals surface area (Å²) in [5.41, 5.74) is 0.115. The number of nitrogen functional groups attached to an aromatic ring is 1. The number of rotatable bonds is 7. The second-order valence-electron chi connectivity index (χ2n) is 7.08. The van der Waals surface area contributed by atoms with Crippen molar-refractivity contribution in [1.82, 2.24) is 19.8 Å². The van der Waals surface area contributed by atoms with Crippen molar-refractivity contribution in [3.05, 3.63) is 24.3 Å². The quantitative estimate of drug-likeness (QED) is 0.548. The van der Waals surface area contributed by atoms with E-state index in [4.69, 9.17) is 10.6 Å². The third kappa shape index (κ3) is 4.48. The number of hydrogen-bond acceptors (Lipinski definition) is 7. The Morgan fingerprint density at radius 1 is 1.31 bits per heavy atom. The van der Waals surface area contributed by atoms with Crippen LogP contribution in [0.4, 0.5) is 0 Å². The fraction of sp³-hybridized carbons (Fsp3) is 0.500. The van der Waals surface area contributed by atoms with Crippen LogP contribution in [0.1, 0.15) is 39.0 Å². The van der Waals surface area contributed by atoms with Gasteiger partial charge in [-0.3, -0.25) is 4.79 Å². The molecular weight excluding hydrogens is 388 g/mol. The maximum Gasteiger partial charge on any atom is 0.234 e. The summed E-state index contributed by atoms with van der Waals surface area (Å²) >= 11 is 1.22. The molecule has 2 aromatic rings. The van der Waals surface area contributed by atoms with Gasteiger partial charge in [-0.25, -0.2) is 4.68 Å². The van der Waals surface area contributed by atoms with Crippen molar-refractivity contribution in [2.75, 3.05) is 25.3 Å². The number of hydrogen-bond donors (Lipinski definition) is 1. The first-order valence-electron chi connectivity index (χ1n) is 9.75. The lowest BCUT2D eigenvalue weighted by molar-refractivity contribution is -0.131. The summed E-state index contributed by atoms with van der Waals surface area (Å²) in [6.45, 7) is 2.53. The molecule has 3 rings (SSSR count). The molecule has 0 radical (unpaired) electrons. The van der Waals surface area contributed by atoms with Gasteiger partial charge in [0.15, 0.2) is 5.82 Å². The molecule has 1 aromatic carbocycles. The van der Waals surface area contributed by atoms with Gasteiger partial charge in [0.1, 0.15) is 11.3 Å². The van der Waals surface area contributed by atoms with Crippen LogP contribution >= 0.6 is 11.8 Å². The second-order valence-corrected chi connectivity index (χ2v) is 8.02. The summed E-state index contributed by atoms with van der Waals surface area (Å²) < 4.78 is 6.83. The smallest absolute Gasteiger partial charge is 0.234 e. The van der Waals surface area contributed by atoms with Crippen LogP contribution < -0.4 is 10.6 Å². The highest BCUT2D eigenvalue weighted by Gasteiger charge is 2.38. The molecule has 154 valence electrons. The van der Waals surface area contributed by atoms with Crippen LogP contribution in [0.5, 0.6) is 5.75 Å². The van der Waals surface area contributed by atoms with Crippen molar-refractivity contribution in [1.29, 1.82) is 5.26 Å². The molecule has 9 heteroatoms. The average Bonchev–Trinajstić information content (AvgIpc) is 3.13. The van der Waals surface area contributed by atoms with E-state index in [1.54, 1.807) is 11.9 Å². The van der Waals surface area contributed by atoms with Crippen molar-refractivity contribution < 1.29 is 9.53 Å². The Morgan fingerprint density at radius 2 is 2.00 bits per heavy atom. The first-order valence-corrected chi connectivity index (χ1v) is 10.7. The van der Waals surface area contributed by atoms with E-state index in [1.165, 1.54) is 16.4 Å². The molecule has 1 aliphatic rings. The number of carbonyl (C=O) groups is 1. The third-order valence-corrected chi connectivity index (χ3v) is 6.25. The second kappa shape index (κ2) is 9.18. The number of nitrogens with two attached hydrogens (primary N) is 1. The lowest BCUT2D eigenvalue weighted by Crippen LogP contribution is -2.50. The van der Waals surface area contributed by atoms with E-state index in [0.717, 1.165) is 43.4 Å². The Kier molecular flexibility index (Phi) is 6.64. The molecule has 8 nitrogen and oxygen atoms in total. The van der Waals surface area contributed by atoms with Gasteiger partial charge in [-0.15, -0.1) is 10.2 Å². The maximum atomic E-state index is 12.7. The van der Waals surface area contributed by atoms with E-state index in [0.29, 0.717) is 17.6 Å². The average molecular weight is 415 g/mol. The largest absolute Gasteiger partial charge is 0.494 e. The molecule has 1 saturated carbocycles. The first kappa shape index (κ1) is 21.0. The molecule has 0 atom stereocenters. The fourth-order valence-corrected chi connectivity index (χ4v) is 4.33. The summed E-state index contributed by atoms with van der Waals surface area (Å²) in [5, 5.41) is 18.4. The lowest BCUT2D eigenvalue weighted by atomic mass is 9.81.